The Balaban J connectivity index is 1.37. The van der Waals surface area contributed by atoms with E-state index in [0.29, 0.717) is 56.5 Å². The number of hydrogen-bond acceptors (Lipinski definition) is 8. The van der Waals surface area contributed by atoms with Crippen molar-refractivity contribution in [2.75, 3.05) is 38.0 Å². The Morgan fingerprint density at radius 2 is 0.731 bits per heavy atom. The number of nitrogens with one attached hydrogen (secondary N) is 2. The van der Waals surface area contributed by atoms with Crippen LogP contribution < -0.4 is 9.80 Å². The summed E-state index contributed by atoms with van der Waals surface area (Å²) in [6.07, 6.45) is 4.16. The van der Waals surface area contributed by atoms with E-state index in [1.165, 1.54) is 0 Å². The summed E-state index contributed by atoms with van der Waals surface area (Å²) in [5, 5.41) is 20.0. The van der Waals surface area contributed by atoms with Crippen LogP contribution in [0.2, 0.25) is 0 Å². The number of H-pyrrole nitrogens is 2. The molecule has 5 heterocycles. The number of carbonyl (C=O) groups is 2. The predicted octanol–water partition coefficient (Wildman–Crippen LogP) is 14.3. The van der Waals surface area contributed by atoms with Crippen LogP contribution >= 0.6 is 0 Å². The molecule has 4 N–H and O–H groups in total. The number of benzene rings is 6. The Kier molecular flexibility index (Phi) is 12.8. The molecule has 386 valence electrons. The van der Waals surface area contributed by atoms with Crippen LogP contribution in [0.4, 0.5) is 11.4 Å². The zero-order chi connectivity index (χ0) is 54.8. The van der Waals surface area contributed by atoms with Crippen molar-refractivity contribution >= 4 is 68.9 Å². The van der Waals surface area contributed by atoms with Gasteiger partial charge in [0.2, 0.25) is 0 Å². The molecule has 78 heavy (non-hydrogen) atoms. The molecular weight excluding hydrogens is 969 g/mol. The molecule has 0 atom stereocenters. The lowest BCUT2D eigenvalue weighted by atomic mass is 9.92. The van der Waals surface area contributed by atoms with Gasteiger partial charge in [0, 0.05) is 73.0 Å². The van der Waals surface area contributed by atoms with E-state index in [0.717, 1.165) is 100 Å². The average molecular weight is 1030 g/mol. The highest BCUT2D eigenvalue weighted by molar-refractivity contribution is 6.04. The van der Waals surface area contributed by atoms with Gasteiger partial charge < -0.3 is 30.0 Å². The fraction of sp³-hybridized carbons (Fsp3) is 0.152. The van der Waals surface area contributed by atoms with Gasteiger partial charge >= 0.3 is 11.9 Å². The topological polar surface area (TPSA) is 164 Å². The van der Waals surface area contributed by atoms with E-state index in [4.69, 9.17) is 19.9 Å². The highest BCUT2D eigenvalue weighted by atomic mass is 16.4. The summed E-state index contributed by atoms with van der Waals surface area (Å²) >= 11 is 0. The molecule has 0 saturated heterocycles. The van der Waals surface area contributed by atoms with E-state index in [2.05, 4.69) is 152 Å². The maximum Gasteiger partial charge on any atom is 0.335 e. The van der Waals surface area contributed by atoms with Gasteiger partial charge in [-0.15, -0.1) is 0 Å². The number of carboxylic acid groups (broad SMARTS) is 2. The molecule has 2 aliphatic heterocycles. The van der Waals surface area contributed by atoms with Crippen molar-refractivity contribution in [3.8, 4) is 44.5 Å². The zero-order valence-corrected chi connectivity index (χ0v) is 45.3. The lowest BCUT2D eigenvalue weighted by Gasteiger charge is -2.13. The van der Waals surface area contributed by atoms with Crippen LogP contribution in [0, 0.1) is 41.5 Å². The number of nitrogens with zero attached hydrogens (tertiary/aromatic N) is 6. The lowest BCUT2D eigenvalue weighted by molar-refractivity contribution is 0.0686. The number of hydrogen-bond donors (Lipinski definition) is 4. The third kappa shape index (κ3) is 9.31. The maximum atomic E-state index is 12.2. The normalized spacial score (nSPS) is 12.1. The molecule has 0 fully saturated rings. The summed E-state index contributed by atoms with van der Waals surface area (Å²) in [6.45, 7) is 12.7. The Bertz CT molecular complexity index is 4130. The first-order valence-electron chi connectivity index (χ1n) is 25.8. The van der Waals surface area contributed by atoms with Gasteiger partial charge in [0.05, 0.1) is 33.5 Å². The molecule has 0 unspecified atom stereocenters. The zero-order valence-electron chi connectivity index (χ0n) is 45.3. The SMILES string of the molecule is Cc1cc(C)c(-c2c3nc(nc4[nH]c(cc4-c4ccc(N(C)C)cc4)c(-c4c(C)cc(C)cc4C)c4nc(nc5[nH]c2cc5-c2ccc(C(=O)O)cc2)C(c2ccc(C(=O)O)cc2)=C4)C(c2ccc(N(C)C)cc2)=C3)c(C)c1. The molecule has 0 spiro atoms. The number of aromatic amines is 2. The smallest absolute Gasteiger partial charge is 0.335 e. The summed E-state index contributed by atoms with van der Waals surface area (Å²) in [5.41, 5.74) is 22.7. The number of carboxylic acids is 2. The van der Waals surface area contributed by atoms with Gasteiger partial charge in [-0.3, -0.25) is 0 Å². The lowest BCUT2D eigenvalue weighted by Crippen LogP contribution is -2.08. The molecule has 9 aromatic rings. The number of aryl methyl sites for hydroxylation is 6. The number of anilines is 2. The summed E-state index contributed by atoms with van der Waals surface area (Å²) < 4.78 is 0. The fourth-order valence-electron chi connectivity index (χ4n) is 11.1. The highest BCUT2D eigenvalue weighted by Crippen LogP contribution is 2.43. The van der Waals surface area contributed by atoms with Crippen LogP contribution in [0.1, 0.15) is 88.3 Å². The van der Waals surface area contributed by atoms with E-state index in [-0.39, 0.29) is 11.1 Å². The standard InChI is InChI=1S/C66H58N8O4/c1-35-27-37(3)57(38(4)28-35)59-53-31-49(41-11-15-45(16-12-41)65(75)76)61(67-53)71-62-50(42-13-17-46(18-14-42)66(77)78)32-54(68-62)60(58-39(5)29-36(2)30-40(58)6)56-34-52(44-21-25-48(26-22-44)74(9)10)64(70-56)72-63-51(33-55(59)69-63)43-19-23-47(24-20-43)73(7)8/h11-34H,1-10H3,(H,75,76)(H,77,78)(H,67,68,71)(H,69,70,72). The van der Waals surface area contributed by atoms with Crippen molar-refractivity contribution in [2.45, 2.75) is 41.5 Å². The third-order valence-electron chi connectivity index (χ3n) is 14.7. The van der Waals surface area contributed by atoms with Crippen molar-refractivity contribution in [3.63, 3.8) is 0 Å². The van der Waals surface area contributed by atoms with E-state index >= 15 is 0 Å². The maximum absolute atomic E-state index is 12.2. The second-order valence-electron chi connectivity index (χ2n) is 20.8. The Morgan fingerprint density at radius 1 is 0.410 bits per heavy atom. The van der Waals surface area contributed by atoms with Gasteiger partial charge in [-0.25, -0.2) is 29.5 Å². The molecule has 2 aliphatic rings. The minimum Gasteiger partial charge on any atom is -0.478 e. The number of rotatable bonds is 10. The third-order valence-corrected chi connectivity index (χ3v) is 14.7. The predicted molar refractivity (Wildman–Crippen MR) is 316 cm³/mol. The van der Waals surface area contributed by atoms with Crippen LogP contribution in [0.25, 0.3) is 90.1 Å². The van der Waals surface area contributed by atoms with Gasteiger partial charge in [0.1, 0.15) is 11.3 Å². The van der Waals surface area contributed by atoms with E-state index in [1.807, 2.05) is 34.3 Å². The van der Waals surface area contributed by atoms with E-state index < -0.39 is 11.9 Å². The second kappa shape index (κ2) is 19.8. The molecule has 3 aromatic heterocycles. The van der Waals surface area contributed by atoms with Gasteiger partial charge in [-0.1, -0.05) is 83.9 Å². The highest BCUT2D eigenvalue weighted by Gasteiger charge is 2.26. The first-order chi connectivity index (χ1) is 37.4. The molecule has 0 saturated carbocycles. The quantitative estimate of drug-likeness (QED) is 0.104. The molecule has 0 aliphatic carbocycles. The van der Waals surface area contributed by atoms with Gasteiger partial charge in [-0.2, -0.15) is 0 Å². The second-order valence-corrected chi connectivity index (χ2v) is 20.8. The van der Waals surface area contributed by atoms with Crippen LogP contribution in [-0.2, 0) is 0 Å². The minimum absolute atomic E-state index is 0.151. The molecule has 0 radical (unpaired) electrons. The number of aromatic carboxylic acids is 2. The molecule has 12 heteroatoms. The molecule has 8 bridgehead atoms. The Labute approximate surface area is 452 Å². The van der Waals surface area contributed by atoms with E-state index in [9.17, 15) is 19.8 Å². The Morgan fingerprint density at radius 3 is 1.06 bits per heavy atom. The van der Waals surface area contributed by atoms with Gasteiger partial charge in [-0.05, 0) is 170 Å². The molecule has 12 nitrogen and oxygen atoms in total. The first kappa shape index (κ1) is 50.5. The fourth-order valence-corrected chi connectivity index (χ4v) is 11.1. The summed E-state index contributed by atoms with van der Waals surface area (Å²) in [4.78, 5) is 58.4. The molecule has 6 aromatic carbocycles. The van der Waals surface area contributed by atoms with Crippen LogP contribution in [0.3, 0.4) is 0 Å². The van der Waals surface area contributed by atoms with E-state index in [1.54, 1.807) is 48.5 Å². The van der Waals surface area contributed by atoms with Crippen molar-refractivity contribution in [3.05, 3.63) is 212 Å². The van der Waals surface area contributed by atoms with Crippen LogP contribution in [0.15, 0.2) is 133 Å². The van der Waals surface area contributed by atoms with Crippen molar-refractivity contribution in [1.82, 2.24) is 29.9 Å². The van der Waals surface area contributed by atoms with Crippen molar-refractivity contribution in [2.24, 2.45) is 0 Å². The van der Waals surface area contributed by atoms with Gasteiger partial charge in [0.15, 0.2) is 11.6 Å². The number of aromatic nitrogens is 6. The minimum atomic E-state index is -1.03. The summed E-state index contributed by atoms with van der Waals surface area (Å²) in [6, 6.07) is 43.4. The molecule has 0 amide bonds. The van der Waals surface area contributed by atoms with Crippen molar-refractivity contribution in [1.29, 1.82) is 0 Å². The largest absolute Gasteiger partial charge is 0.478 e. The van der Waals surface area contributed by atoms with Crippen LogP contribution in [-0.4, -0.2) is 80.2 Å². The molecular formula is C66H58N8O4. The summed E-state index contributed by atoms with van der Waals surface area (Å²) in [5.74, 6) is -1.17. The van der Waals surface area contributed by atoms with Gasteiger partial charge in [0.25, 0.3) is 0 Å². The number of fused-ring (bicyclic) bond motifs is 8. The first-order valence-corrected chi connectivity index (χ1v) is 25.8. The van der Waals surface area contributed by atoms with Crippen molar-refractivity contribution < 1.29 is 19.8 Å². The average Bonchev–Trinajstić information content (AvgIpc) is 4.40. The Hall–Kier alpha value is -9.68. The van der Waals surface area contributed by atoms with Crippen LogP contribution in [0.5, 0.6) is 0 Å². The molecule has 11 rings (SSSR count). The monoisotopic (exact) mass is 1030 g/mol. The summed E-state index contributed by atoms with van der Waals surface area (Å²) in [7, 11) is 8.11.